The molecule has 1 aromatic carbocycles. The number of rotatable bonds is 8. The Morgan fingerprint density at radius 1 is 1.19 bits per heavy atom. The summed E-state index contributed by atoms with van der Waals surface area (Å²) in [7, 11) is 0. The number of amides is 1. The highest BCUT2D eigenvalue weighted by Crippen LogP contribution is 2.19. The maximum atomic E-state index is 11.6. The van der Waals surface area contributed by atoms with Gasteiger partial charge in [-0.25, -0.2) is 4.79 Å². The monoisotopic (exact) mass is 358 g/mol. The first-order valence-electron chi connectivity index (χ1n) is 8.24. The summed E-state index contributed by atoms with van der Waals surface area (Å²) in [6.45, 7) is 1.68. The molecule has 2 atom stereocenters. The number of aromatic nitrogens is 1. The SMILES string of the molecule is CC(=O)c1cncc(C(O)C(O)CCNC(=O)OCc2ccccc2)c1. The smallest absolute Gasteiger partial charge is 0.407 e. The summed E-state index contributed by atoms with van der Waals surface area (Å²) in [5.74, 6) is -0.177. The van der Waals surface area contributed by atoms with E-state index in [1.165, 1.54) is 25.4 Å². The zero-order valence-electron chi connectivity index (χ0n) is 14.5. The van der Waals surface area contributed by atoms with Gasteiger partial charge < -0.3 is 20.3 Å². The van der Waals surface area contributed by atoms with Crippen molar-refractivity contribution in [1.82, 2.24) is 10.3 Å². The summed E-state index contributed by atoms with van der Waals surface area (Å²) in [5, 5.41) is 22.8. The lowest BCUT2D eigenvalue weighted by molar-refractivity contribution is 0.0134. The fourth-order valence-corrected chi connectivity index (χ4v) is 2.29. The molecule has 0 aliphatic rings. The van der Waals surface area contributed by atoms with E-state index >= 15 is 0 Å². The van der Waals surface area contributed by atoms with E-state index in [-0.39, 0.29) is 25.4 Å². The number of Topliss-reactive ketones (excluding diaryl/α,β-unsaturated/α-hetero) is 1. The number of carbonyl (C=O) groups excluding carboxylic acids is 2. The van der Waals surface area contributed by atoms with Crippen LogP contribution in [0.15, 0.2) is 48.8 Å². The quantitative estimate of drug-likeness (QED) is 0.623. The third kappa shape index (κ3) is 5.94. The molecule has 0 aliphatic heterocycles. The fraction of sp³-hybridized carbons (Fsp3) is 0.316. The summed E-state index contributed by atoms with van der Waals surface area (Å²) < 4.78 is 5.06. The number of hydrogen-bond donors (Lipinski definition) is 3. The van der Waals surface area contributed by atoms with Crippen LogP contribution >= 0.6 is 0 Å². The number of aliphatic hydroxyl groups is 2. The second-order valence-electron chi connectivity index (χ2n) is 5.85. The molecule has 1 heterocycles. The van der Waals surface area contributed by atoms with Crippen molar-refractivity contribution in [3.05, 3.63) is 65.5 Å². The summed E-state index contributed by atoms with van der Waals surface area (Å²) in [4.78, 5) is 26.9. The van der Waals surface area contributed by atoms with E-state index < -0.39 is 18.3 Å². The van der Waals surface area contributed by atoms with E-state index in [2.05, 4.69) is 10.3 Å². The van der Waals surface area contributed by atoms with E-state index in [0.29, 0.717) is 11.1 Å². The lowest BCUT2D eigenvalue weighted by Crippen LogP contribution is -2.29. The Morgan fingerprint density at radius 3 is 2.62 bits per heavy atom. The molecular formula is C19H22N2O5. The van der Waals surface area contributed by atoms with Crippen molar-refractivity contribution in [3.8, 4) is 0 Å². The number of pyridine rings is 1. The largest absolute Gasteiger partial charge is 0.445 e. The van der Waals surface area contributed by atoms with Gasteiger partial charge in [-0.15, -0.1) is 0 Å². The summed E-state index contributed by atoms with van der Waals surface area (Å²) in [6.07, 6.45) is -0.0172. The highest BCUT2D eigenvalue weighted by molar-refractivity contribution is 5.93. The molecule has 0 saturated heterocycles. The minimum Gasteiger partial charge on any atom is -0.445 e. The van der Waals surface area contributed by atoms with Crippen molar-refractivity contribution >= 4 is 11.9 Å². The van der Waals surface area contributed by atoms with Gasteiger partial charge in [-0.3, -0.25) is 9.78 Å². The van der Waals surface area contributed by atoms with Crippen molar-refractivity contribution in [2.45, 2.75) is 32.2 Å². The molecule has 3 N–H and O–H groups in total. The van der Waals surface area contributed by atoms with Crippen molar-refractivity contribution in [2.24, 2.45) is 0 Å². The van der Waals surface area contributed by atoms with Gasteiger partial charge in [-0.2, -0.15) is 0 Å². The van der Waals surface area contributed by atoms with Crippen LogP contribution in [0, 0.1) is 0 Å². The van der Waals surface area contributed by atoms with Crippen molar-refractivity contribution in [2.75, 3.05) is 6.54 Å². The Bertz CT molecular complexity index is 736. The molecule has 7 nitrogen and oxygen atoms in total. The Kier molecular flexibility index (Phi) is 7.25. The zero-order chi connectivity index (χ0) is 18.9. The second-order valence-corrected chi connectivity index (χ2v) is 5.85. The predicted molar refractivity (Wildman–Crippen MR) is 94.5 cm³/mol. The van der Waals surface area contributed by atoms with Gasteiger partial charge in [0, 0.05) is 30.1 Å². The Morgan fingerprint density at radius 2 is 1.92 bits per heavy atom. The molecule has 26 heavy (non-hydrogen) atoms. The van der Waals surface area contributed by atoms with Gasteiger partial charge in [0.05, 0.1) is 6.10 Å². The van der Waals surface area contributed by atoms with Crippen LogP contribution in [0.3, 0.4) is 0 Å². The fourth-order valence-electron chi connectivity index (χ4n) is 2.29. The molecule has 138 valence electrons. The number of benzene rings is 1. The molecule has 0 fully saturated rings. The molecule has 0 saturated carbocycles. The standard InChI is InChI=1S/C19H22N2O5/c1-13(22)15-9-16(11-20-10-15)18(24)17(23)7-8-21-19(25)26-12-14-5-3-2-4-6-14/h2-6,9-11,17-18,23-24H,7-8,12H2,1H3,(H,21,25). The number of alkyl carbamates (subject to hydrolysis) is 1. The lowest BCUT2D eigenvalue weighted by atomic mass is 10.0. The minimum atomic E-state index is -1.20. The summed E-state index contributed by atoms with van der Waals surface area (Å²) >= 11 is 0. The molecule has 1 aromatic heterocycles. The predicted octanol–water partition coefficient (Wildman–Crippen LogP) is 1.99. The highest BCUT2D eigenvalue weighted by atomic mass is 16.5. The Hall–Kier alpha value is -2.77. The number of hydrogen-bond acceptors (Lipinski definition) is 6. The Labute approximate surface area is 151 Å². The number of ketones is 1. The second kappa shape index (κ2) is 9.65. The number of ether oxygens (including phenoxy) is 1. The van der Waals surface area contributed by atoms with E-state index in [1.54, 1.807) is 0 Å². The van der Waals surface area contributed by atoms with E-state index in [4.69, 9.17) is 4.74 Å². The normalized spacial score (nSPS) is 12.9. The van der Waals surface area contributed by atoms with Crippen LogP contribution in [-0.4, -0.2) is 39.7 Å². The topological polar surface area (TPSA) is 109 Å². The van der Waals surface area contributed by atoms with Crippen LogP contribution in [0.1, 0.15) is 40.9 Å². The van der Waals surface area contributed by atoms with Crippen molar-refractivity contribution in [1.29, 1.82) is 0 Å². The Balaban J connectivity index is 1.75. The van der Waals surface area contributed by atoms with Crippen LogP contribution in [0.5, 0.6) is 0 Å². The number of carbonyl (C=O) groups is 2. The lowest BCUT2D eigenvalue weighted by Gasteiger charge is -2.18. The summed E-state index contributed by atoms with van der Waals surface area (Å²) in [6, 6.07) is 10.8. The van der Waals surface area contributed by atoms with Gasteiger partial charge in [-0.1, -0.05) is 30.3 Å². The maximum Gasteiger partial charge on any atom is 0.407 e. The first-order chi connectivity index (χ1) is 12.5. The first-order valence-corrected chi connectivity index (χ1v) is 8.24. The average molecular weight is 358 g/mol. The number of nitrogens with zero attached hydrogens (tertiary/aromatic N) is 1. The molecule has 0 aliphatic carbocycles. The van der Waals surface area contributed by atoms with Gasteiger partial charge in [0.2, 0.25) is 0 Å². The molecule has 0 radical (unpaired) electrons. The highest BCUT2D eigenvalue weighted by Gasteiger charge is 2.19. The first kappa shape index (κ1) is 19.6. The van der Waals surface area contributed by atoms with Crippen LogP contribution in [0.25, 0.3) is 0 Å². The van der Waals surface area contributed by atoms with Crippen molar-refractivity contribution < 1.29 is 24.5 Å². The molecule has 2 unspecified atom stereocenters. The molecule has 1 amide bonds. The number of nitrogens with one attached hydrogen (secondary N) is 1. The van der Waals surface area contributed by atoms with Crippen LogP contribution in [0.4, 0.5) is 4.79 Å². The summed E-state index contributed by atoms with van der Waals surface area (Å²) in [5.41, 5.74) is 1.57. The van der Waals surface area contributed by atoms with E-state index in [9.17, 15) is 19.8 Å². The number of aliphatic hydroxyl groups excluding tert-OH is 2. The molecular weight excluding hydrogens is 336 g/mol. The van der Waals surface area contributed by atoms with Gasteiger partial charge in [0.15, 0.2) is 5.78 Å². The molecule has 0 bridgehead atoms. The molecule has 2 aromatic rings. The van der Waals surface area contributed by atoms with Gasteiger partial charge >= 0.3 is 6.09 Å². The molecule has 0 spiro atoms. The zero-order valence-corrected chi connectivity index (χ0v) is 14.5. The molecule has 7 heteroatoms. The third-order valence-electron chi connectivity index (χ3n) is 3.79. The van der Waals surface area contributed by atoms with Crippen LogP contribution < -0.4 is 5.32 Å². The maximum absolute atomic E-state index is 11.6. The van der Waals surface area contributed by atoms with Crippen LogP contribution in [-0.2, 0) is 11.3 Å². The van der Waals surface area contributed by atoms with E-state index in [1.807, 2.05) is 30.3 Å². The van der Waals surface area contributed by atoms with Crippen molar-refractivity contribution in [3.63, 3.8) is 0 Å². The molecule has 2 rings (SSSR count). The van der Waals surface area contributed by atoms with Gasteiger partial charge in [0.1, 0.15) is 12.7 Å². The minimum absolute atomic E-state index is 0.117. The van der Waals surface area contributed by atoms with Gasteiger partial charge in [-0.05, 0) is 25.0 Å². The average Bonchev–Trinajstić information content (AvgIpc) is 2.66. The third-order valence-corrected chi connectivity index (χ3v) is 3.79. The van der Waals surface area contributed by atoms with Crippen LogP contribution in [0.2, 0.25) is 0 Å². The van der Waals surface area contributed by atoms with E-state index in [0.717, 1.165) is 5.56 Å². The van der Waals surface area contributed by atoms with Gasteiger partial charge in [0.25, 0.3) is 0 Å².